The van der Waals surface area contributed by atoms with Crippen LogP contribution < -0.4 is 11.1 Å². The number of rotatable bonds is 5. The number of aliphatic hydroxyl groups is 3. The van der Waals surface area contributed by atoms with E-state index in [1.54, 1.807) is 0 Å². The molecule has 3 aliphatic rings. The maximum atomic E-state index is 14.4. The Morgan fingerprint density at radius 3 is 2.36 bits per heavy atom. The van der Waals surface area contributed by atoms with Crippen LogP contribution in [0.3, 0.4) is 0 Å². The van der Waals surface area contributed by atoms with Crippen molar-refractivity contribution < 1.29 is 48.0 Å². The smallest absolute Gasteiger partial charge is 0.417 e. The highest BCUT2D eigenvalue weighted by Gasteiger charge is 2.60. The molecule has 1 aromatic carbocycles. The van der Waals surface area contributed by atoms with Gasteiger partial charge in [0.2, 0.25) is 5.78 Å². The van der Waals surface area contributed by atoms with Crippen molar-refractivity contribution in [3.63, 3.8) is 0 Å². The minimum absolute atomic E-state index is 0.0530. The maximum absolute atomic E-state index is 14.4. The first-order valence-corrected chi connectivity index (χ1v) is 12.5. The quantitative estimate of drug-likeness (QED) is 0.239. The van der Waals surface area contributed by atoms with Crippen molar-refractivity contribution in [1.82, 2.24) is 5.32 Å². The monoisotopic (exact) mass is 552 g/mol. The summed E-state index contributed by atoms with van der Waals surface area (Å²) in [6.07, 6.45) is -5.42. The zero-order valence-electron chi connectivity index (χ0n) is 21.7. The molecule has 1 amide bonds. The number of amides is 1. The van der Waals surface area contributed by atoms with Gasteiger partial charge in [-0.2, -0.15) is 13.2 Å². The van der Waals surface area contributed by atoms with Crippen molar-refractivity contribution in [2.24, 2.45) is 23.0 Å². The van der Waals surface area contributed by atoms with Gasteiger partial charge in [0.25, 0.3) is 5.91 Å². The summed E-state index contributed by atoms with van der Waals surface area (Å²) >= 11 is 0. The molecule has 1 saturated carbocycles. The van der Waals surface area contributed by atoms with Crippen molar-refractivity contribution in [1.29, 1.82) is 0 Å². The van der Waals surface area contributed by atoms with E-state index in [1.165, 1.54) is 0 Å². The van der Waals surface area contributed by atoms with Gasteiger partial charge in [-0.05, 0) is 54.3 Å². The molecule has 0 saturated heterocycles. The maximum Gasteiger partial charge on any atom is 0.417 e. The lowest BCUT2D eigenvalue weighted by atomic mass is 9.59. The van der Waals surface area contributed by atoms with E-state index in [0.29, 0.717) is 13.0 Å². The van der Waals surface area contributed by atoms with Crippen LogP contribution in [0.25, 0.3) is 5.76 Å². The second-order valence-corrected chi connectivity index (χ2v) is 11.7. The highest BCUT2D eigenvalue weighted by atomic mass is 19.4. The van der Waals surface area contributed by atoms with Crippen LogP contribution >= 0.6 is 0 Å². The molecule has 0 spiro atoms. The Morgan fingerprint density at radius 1 is 1.15 bits per heavy atom. The number of benzene rings is 1. The number of halogens is 3. The van der Waals surface area contributed by atoms with Crippen molar-refractivity contribution in [2.45, 2.75) is 64.8 Å². The third-order valence-corrected chi connectivity index (χ3v) is 7.80. The Hall–Kier alpha value is -3.38. The number of hydrogen-bond donors (Lipinski definition) is 6. The third-order valence-electron chi connectivity index (χ3n) is 7.80. The molecule has 3 aliphatic carbocycles. The summed E-state index contributed by atoms with van der Waals surface area (Å²) in [5.74, 6) is -8.76. The van der Waals surface area contributed by atoms with Gasteiger partial charge in [0, 0.05) is 24.5 Å². The fourth-order valence-corrected chi connectivity index (χ4v) is 5.94. The normalized spacial score (nSPS) is 25.4. The molecule has 0 radical (unpaired) electrons. The molecule has 0 heterocycles. The number of primary amides is 1. The van der Waals surface area contributed by atoms with E-state index in [4.69, 9.17) is 5.73 Å². The molecular formula is C27H31F3N2O7. The molecule has 9 nitrogen and oxygen atoms in total. The van der Waals surface area contributed by atoms with Crippen LogP contribution in [-0.4, -0.2) is 50.0 Å². The summed E-state index contributed by atoms with van der Waals surface area (Å²) in [6, 6.07) is 0.884. The Kier molecular flexibility index (Phi) is 6.88. The number of aromatic hydroxyl groups is 1. The first kappa shape index (κ1) is 28.6. The van der Waals surface area contributed by atoms with E-state index >= 15 is 0 Å². The van der Waals surface area contributed by atoms with Crippen LogP contribution in [0, 0.1) is 17.3 Å². The fourth-order valence-electron chi connectivity index (χ4n) is 5.94. The average Bonchev–Trinajstić information content (AvgIpc) is 2.77. The van der Waals surface area contributed by atoms with Gasteiger partial charge in [-0.3, -0.25) is 14.4 Å². The molecule has 1 fully saturated rings. The predicted octanol–water partition coefficient (Wildman–Crippen LogP) is 2.97. The molecule has 1 unspecified atom stereocenters. The van der Waals surface area contributed by atoms with Crippen molar-refractivity contribution in [2.75, 3.05) is 6.54 Å². The van der Waals surface area contributed by atoms with Crippen LogP contribution in [0.1, 0.15) is 62.3 Å². The van der Waals surface area contributed by atoms with Crippen LogP contribution in [0.5, 0.6) is 5.75 Å². The molecular weight excluding hydrogens is 521 g/mol. The number of nitrogens with two attached hydrogens (primary N) is 1. The summed E-state index contributed by atoms with van der Waals surface area (Å²) in [5, 5.41) is 46.6. The number of phenolic OH excluding ortho intramolecular Hbond substituents is 1. The topological polar surface area (TPSA) is 170 Å². The van der Waals surface area contributed by atoms with Crippen LogP contribution in [0.4, 0.5) is 13.2 Å². The molecule has 0 aliphatic heterocycles. The summed E-state index contributed by atoms with van der Waals surface area (Å²) in [6.45, 7) is 6.18. The van der Waals surface area contributed by atoms with Gasteiger partial charge in [-0.1, -0.05) is 20.8 Å². The van der Waals surface area contributed by atoms with Gasteiger partial charge >= 0.3 is 6.18 Å². The van der Waals surface area contributed by atoms with Crippen molar-refractivity contribution in [3.05, 3.63) is 45.2 Å². The molecule has 3 atom stereocenters. The molecule has 1 aromatic rings. The summed E-state index contributed by atoms with van der Waals surface area (Å²) in [5.41, 5.74) is -1.40. The van der Waals surface area contributed by atoms with Gasteiger partial charge in [0.05, 0.1) is 11.1 Å². The molecule has 0 bridgehead atoms. The number of carbonyl (C=O) groups is 3. The van der Waals surface area contributed by atoms with E-state index in [0.717, 1.165) is 6.07 Å². The Morgan fingerprint density at radius 2 is 1.79 bits per heavy atom. The van der Waals surface area contributed by atoms with E-state index in [1.807, 2.05) is 20.8 Å². The number of alkyl halides is 3. The number of carbonyl (C=O) groups excluding carboxylic acids is 3. The number of fused-ring (bicyclic) bond motifs is 3. The minimum atomic E-state index is -4.87. The van der Waals surface area contributed by atoms with Gasteiger partial charge in [0.1, 0.15) is 22.8 Å². The number of Topliss-reactive ketones (excluding diaryl/α,β-unsaturated/α-hetero) is 2. The first-order valence-electron chi connectivity index (χ1n) is 12.5. The lowest BCUT2D eigenvalue weighted by Crippen LogP contribution is -2.58. The van der Waals surface area contributed by atoms with Crippen molar-refractivity contribution in [3.8, 4) is 5.75 Å². The van der Waals surface area contributed by atoms with Crippen LogP contribution in [0.2, 0.25) is 0 Å². The van der Waals surface area contributed by atoms with Gasteiger partial charge in [-0.15, -0.1) is 0 Å². The summed E-state index contributed by atoms with van der Waals surface area (Å²) in [7, 11) is 0. The number of phenols is 1. The molecule has 39 heavy (non-hydrogen) atoms. The molecule has 212 valence electrons. The number of hydrogen-bond acceptors (Lipinski definition) is 8. The zero-order valence-corrected chi connectivity index (χ0v) is 21.7. The lowest BCUT2D eigenvalue weighted by Gasteiger charge is -2.46. The second kappa shape index (κ2) is 9.37. The highest BCUT2D eigenvalue weighted by molar-refractivity contribution is 6.22. The van der Waals surface area contributed by atoms with E-state index in [9.17, 15) is 48.0 Å². The van der Waals surface area contributed by atoms with Crippen LogP contribution in [-0.2, 0) is 33.5 Å². The Bertz CT molecular complexity index is 1340. The SMILES string of the molecule is CC(C)(C)CCNCc1cc(O)c2c(c1C(F)(F)F)CC1C[C@H]3CC(=O)C(C(N)=O)=C(O)[C@@]3(O)C(=O)C1=C2O. The summed E-state index contributed by atoms with van der Waals surface area (Å²) < 4.78 is 43.2. The van der Waals surface area contributed by atoms with Gasteiger partial charge < -0.3 is 31.5 Å². The van der Waals surface area contributed by atoms with Crippen molar-refractivity contribution >= 4 is 23.2 Å². The van der Waals surface area contributed by atoms with Crippen LogP contribution in [0.15, 0.2) is 23.0 Å². The Labute approximate surface area is 222 Å². The zero-order chi connectivity index (χ0) is 29.2. The highest BCUT2D eigenvalue weighted by Crippen LogP contribution is 2.54. The predicted molar refractivity (Wildman–Crippen MR) is 132 cm³/mol. The summed E-state index contributed by atoms with van der Waals surface area (Å²) in [4.78, 5) is 37.7. The van der Waals surface area contributed by atoms with E-state index in [-0.39, 0.29) is 23.9 Å². The molecule has 12 heteroatoms. The van der Waals surface area contributed by atoms with Gasteiger partial charge in [0.15, 0.2) is 11.4 Å². The fraction of sp³-hybridized carbons (Fsp3) is 0.519. The van der Waals surface area contributed by atoms with Gasteiger partial charge in [-0.25, -0.2) is 0 Å². The standard InChI is InChI=1S/C27H31F3N2O7/c1-25(2,3)4-5-32-10-12-8-15(33)18-14(20(12)27(28,29)30)7-11-6-13-9-16(34)19(24(31)38)23(37)26(13,39)22(36)17(11)21(18)35/h8,11,13,32-33,35,37,39H,4-7,9-10H2,1-3H3,(H2,31,38)/t11?,13-,26-/m0/s1. The molecule has 7 N–H and O–H groups in total. The molecule has 0 aromatic heterocycles. The largest absolute Gasteiger partial charge is 0.508 e. The lowest BCUT2D eigenvalue weighted by molar-refractivity contribution is -0.147. The van der Waals surface area contributed by atoms with E-state index < -0.39 is 99.0 Å². The number of aliphatic hydroxyl groups excluding tert-OH is 2. The molecule has 4 rings (SSSR count). The number of ketones is 2. The number of nitrogens with one attached hydrogen (secondary N) is 1. The first-order chi connectivity index (χ1) is 17.9. The second-order valence-electron chi connectivity index (χ2n) is 11.7. The Balaban J connectivity index is 1.84. The average molecular weight is 553 g/mol. The minimum Gasteiger partial charge on any atom is -0.508 e. The third kappa shape index (κ3) is 4.69. The van der Waals surface area contributed by atoms with E-state index in [2.05, 4.69) is 5.32 Å².